The van der Waals surface area contributed by atoms with Gasteiger partial charge >= 0.3 is 0 Å². The molecule has 5 nitrogen and oxygen atoms in total. The van der Waals surface area contributed by atoms with Crippen LogP contribution in [0.5, 0.6) is 0 Å². The number of nitrogens with zero attached hydrogens (tertiary/aromatic N) is 2. The number of rotatable bonds is 7. The van der Waals surface area contributed by atoms with Crippen LogP contribution in [-0.2, 0) is 9.59 Å². The van der Waals surface area contributed by atoms with Crippen LogP contribution in [0.15, 0.2) is 69.6 Å². The lowest BCUT2D eigenvalue weighted by Gasteiger charge is -2.34. The summed E-state index contributed by atoms with van der Waals surface area (Å²) in [5.74, 6) is -0.0660. The van der Waals surface area contributed by atoms with Crippen molar-refractivity contribution >= 4 is 55.8 Å². The number of carbonyl (C=O) groups is 2. The lowest BCUT2D eigenvalue weighted by atomic mass is 10.2. The van der Waals surface area contributed by atoms with E-state index in [1.807, 2.05) is 59.5 Å². The summed E-state index contributed by atoms with van der Waals surface area (Å²) < 4.78 is 2.03. The lowest BCUT2D eigenvalue weighted by Crippen LogP contribution is -2.49. The minimum atomic E-state index is -0.102. The third-order valence-corrected chi connectivity index (χ3v) is 6.05. The summed E-state index contributed by atoms with van der Waals surface area (Å²) in [6.07, 6.45) is 6.83. The molecular weight excluding hydrogens is 522 g/mol. The van der Waals surface area contributed by atoms with Gasteiger partial charge in [-0.25, -0.2) is 0 Å². The maximum Gasteiger partial charge on any atom is 0.246 e. The molecule has 0 unspecified atom stereocenters. The van der Waals surface area contributed by atoms with E-state index in [1.165, 1.54) is 0 Å². The Kier molecular flexibility index (Phi) is 9.06. The fourth-order valence-corrected chi connectivity index (χ4v) is 3.71. The second-order valence-corrected chi connectivity index (χ2v) is 9.06. The zero-order valence-corrected chi connectivity index (χ0v) is 20.3. The third kappa shape index (κ3) is 8.09. The van der Waals surface area contributed by atoms with Crippen LogP contribution in [-0.4, -0.2) is 60.9 Å². The smallest absolute Gasteiger partial charge is 0.246 e. The molecule has 1 aliphatic heterocycles. The van der Waals surface area contributed by atoms with Crippen LogP contribution in [0.1, 0.15) is 11.1 Å². The average molecular weight is 547 g/mol. The number of benzene rings is 2. The minimum absolute atomic E-state index is 0.0361. The molecule has 1 N–H and O–H groups in total. The second kappa shape index (κ2) is 12.0. The zero-order valence-electron chi connectivity index (χ0n) is 17.1. The van der Waals surface area contributed by atoms with Crippen molar-refractivity contribution in [2.45, 2.75) is 0 Å². The van der Waals surface area contributed by atoms with E-state index in [9.17, 15) is 9.59 Å². The van der Waals surface area contributed by atoms with E-state index in [4.69, 9.17) is 0 Å². The first-order chi connectivity index (χ1) is 15.0. The summed E-state index contributed by atoms with van der Waals surface area (Å²) in [7, 11) is 0. The van der Waals surface area contributed by atoms with Crippen molar-refractivity contribution in [1.82, 2.24) is 15.1 Å². The van der Waals surface area contributed by atoms with Crippen molar-refractivity contribution in [2.75, 3.05) is 39.3 Å². The van der Waals surface area contributed by atoms with Gasteiger partial charge in [-0.1, -0.05) is 56.1 Å². The van der Waals surface area contributed by atoms with Crippen molar-refractivity contribution in [3.63, 3.8) is 0 Å². The van der Waals surface area contributed by atoms with Gasteiger partial charge in [-0.3, -0.25) is 14.5 Å². The van der Waals surface area contributed by atoms with E-state index in [1.54, 1.807) is 18.2 Å². The Morgan fingerprint density at radius 3 is 1.87 bits per heavy atom. The van der Waals surface area contributed by atoms with Crippen molar-refractivity contribution in [2.24, 2.45) is 0 Å². The quantitative estimate of drug-likeness (QED) is 0.530. The molecule has 0 atom stereocenters. The predicted octanol–water partition coefficient (Wildman–Crippen LogP) is 4.20. The van der Waals surface area contributed by atoms with Crippen LogP contribution in [0.2, 0.25) is 0 Å². The normalized spacial score (nSPS) is 15.0. The highest BCUT2D eigenvalue weighted by molar-refractivity contribution is 9.10. The van der Waals surface area contributed by atoms with E-state index >= 15 is 0 Å². The lowest BCUT2D eigenvalue weighted by molar-refractivity contribution is -0.127. The SMILES string of the molecule is O=C(/C=C/c1ccc(Br)cc1)NCCN1CCN(C(=O)/C=C/c2ccc(Br)cc2)CC1. The van der Waals surface area contributed by atoms with Gasteiger partial charge in [0.25, 0.3) is 0 Å². The van der Waals surface area contributed by atoms with E-state index in [0.717, 1.165) is 39.7 Å². The molecule has 162 valence electrons. The first kappa shape index (κ1) is 23.4. The number of hydrogen-bond acceptors (Lipinski definition) is 3. The van der Waals surface area contributed by atoms with Gasteiger partial charge < -0.3 is 10.2 Å². The first-order valence-electron chi connectivity index (χ1n) is 10.2. The van der Waals surface area contributed by atoms with Crippen LogP contribution in [0.25, 0.3) is 12.2 Å². The number of carbonyl (C=O) groups excluding carboxylic acids is 2. The molecule has 0 saturated carbocycles. The molecule has 1 saturated heterocycles. The number of halogens is 2. The molecule has 1 aliphatic rings. The number of amides is 2. The predicted molar refractivity (Wildman–Crippen MR) is 132 cm³/mol. The Morgan fingerprint density at radius 2 is 1.32 bits per heavy atom. The maximum atomic E-state index is 12.4. The molecular formula is C24H25Br2N3O2. The Bertz CT molecular complexity index is 930. The zero-order chi connectivity index (χ0) is 22.1. The highest BCUT2D eigenvalue weighted by atomic mass is 79.9. The fraction of sp³-hybridized carbons (Fsp3) is 0.250. The van der Waals surface area contributed by atoms with Crippen LogP contribution in [0.4, 0.5) is 0 Å². The van der Waals surface area contributed by atoms with E-state index in [0.29, 0.717) is 19.6 Å². The van der Waals surface area contributed by atoms with Gasteiger partial charge in [-0.15, -0.1) is 0 Å². The highest BCUT2D eigenvalue weighted by Crippen LogP contribution is 2.12. The molecule has 31 heavy (non-hydrogen) atoms. The molecule has 0 bridgehead atoms. The highest BCUT2D eigenvalue weighted by Gasteiger charge is 2.19. The minimum Gasteiger partial charge on any atom is -0.351 e. The van der Waals surface area contributed by atoms with E-state index in [-0.39, 0.29) is 11.8 Å². The topological polar surface area (TPSA) is 52.7 Å². The average Bonchev–Trinajstić information content (AvgIpc) is 2.78. The Labute approximate surface area is 200 Å². The fourth-order valence-electron chi connectivity index (χ4n) is 3.18. The number of piperazine rings is 1. The van der Waals surface area contributed by atoms with Crippen LogP contribution in [0.3, 0.4) is 0 Å². The van der Waals surface area contributed by atoms with Gasteiger partial charge in [0, 0.05) is 60.4 Å². The van der Waals surface area contributed by atoms with Gasteiger partial charge in [0.05, 0.1) is 0 Å². The summed E-state index contributed by atoms with van der Waals surface area (Å²) in [4.78, 5) is 28.5. The molecule has 2 aromatic carbocycles. The van der Waals surface area contributed by atoms with Crippen molar-refractivity contribution in [3.05, 3.63) is 80.8 Å². The molecule has 7 heteroatoms. The molecule has 0 aliphatic carbocycles. The molecule has 0 spiro atoms. The summed E-state index contributed by atoms with van der Waals surface area (Å²) in [6.45, 7) is 4.36. The third-order valence-electron chi connectivity index (χ3n) is 5.00. The monoisotopic (exact) mass is 545 g/mol. The van der Waals surface area contributed by atoms with E-state index in [2.05, 4.69) is 42.1 Å². The molecule has 3 rings (SSSR count). The molecule has 2 aromatic rings. The molecule has 2 amide bonds. The van der Waals surface area contributed by atoms with Crippen LogP contribution >= 0.6 is 31.9 Å². The summed E-state index contributed by atoms with van der Waals surface area (Å²) >= 11 is 6.80. The Hall–Kier alpha value is -2.22. The number of nitrogens with one attached hydrogen (secondary N) is 1. The second-order valence-electron chi connectivity index (χ2n) is 7.23. The molecule has 0 radical (unpaired) electrons. The molecule has 0 aromatic heterocycles. The van der Waals surface area contributed by atoms with Gasteiger partial charge in [0.2, 0.25) is 11.8 Å². The van der Waals surface area contributed by atoms with Gasteiger partial charge in [-0.2, -0.15) is 0 Å². The van der Waals surface area contributed by atoms with Gasteiger partial charge in [0.15, 0.2) is 0 Å². The van der Waals surface area contributed by atoms with Crippen molar-refractivity contribution < 1.29 is 9.59 Å². The van der Waals surface area contributed by atoms with E-state index < -0.39 is 0 Å². The molecule has 1 fully saturated rings. The number of hydrogen-bond donors (Lipinski definition) is 1. The summed E-state index contributed by atoms with van der Waals surface area (Å²) in [5.41, 5.74) is 1.98. The summed E-state index contributed by atoms with van der Waals surface area (Å²) in [5, 5.41) is 2.92. The van der Waals surface area contributed by atoms with Gasteiger partial charge in [0.1, 0.15) is 0 Å². The molecule has 1 heterocycles. The van der Waals surface area contributed by atoms with Crippen molar-refractivity contribution in [3.8, 4) is 0 Å². The Balaban J connectivity index is 1.34. The van der Waals surface area contributed by atoms with Crippen LogP contribution < -0.4 is 5.32 Å². The standard InChI is InChI=1S/C24H25Br2N3O2/c25-21-7-1-19(2-8-21)5-11-23(30)27-13-14-28-15-17-29(18-16-28)24(31)12-6-20-3-9-22(26)10-4-20/h1-12H,13-18H2,(H,27,30)/b11-5+,12-6+. The van der Waals surface area contributed by atoms with Crippen LogP contribution in [0, 0.1) is 0 Å². The van der Waals surface area contributed by atoms with Gasteiger partial charge in [-0.05, 0) is 47.5 Å². The summed E-state index contributed by atoms with van der Waals surface area (Å²) in [6, 6.07) is 15.6. The Morgan fingerprint density at radius 1 is 0.806 bits per heavy atom. The largest absolute Gasteiger partial charge is 0.351 e. The maximum absolute atomic E-state index is 12.4. The first-order valence-corrected chi connectivity index (χ1v) is 11.7. The van der Waals surface area contributed by atoms with Crippen molar-refractivity contribution in [1.29, 1.82) is 0 Å².